The highest BCUT2D eigenvalue weighted by Crippen LogP contribution is 2.52. The number of hydrazone groups is 1. The van der Waals surface area contributed by atoms with E-state index in [0.717, 1.165) is 30.9 Å². The van der Waals surface area contributed by atoms with Crippen molar-refractivity contribution in [3.63, 3.8) is 0 Å². The van der Waals surface area contributed by atoms with E-state index in [1.54, 1.807) is 6.07 Å². The van der Waals surface area contributed by atoms with Gasteiger partial charge < -0.3 is 19.7 Å². The number of hydrazine groups is 2. The van der Waals surface area contributed by atoms with E-state index in [-0.39, 0.29) is 22.8 Å². The third-order valence-corrected chi connectivity index (χ3v) is 8.08. The highest BCUT2D eigenvalue weighted by Gasteiger charge is 2.53. The second-order valence-corrected chi connectivity index (χ2v) is 12.2. The van der Waals surface area contributed by atoms with Gasteiger partial charge in [-0.2, -0.15) is 0 Å². The summed E-state index contributed by atoms with van der Waals surface area (Å²) in [5, 5.41) is 7.31. The van der Waals surface area contributed by atoms with Crippen molar-refractivity contribution in [2.45, 2.75) is 70.0 Å². The number of hydrogen-bond donors (Lipinski definition) is 4. The van der Waals surface area contributed by atoms with Gasteiger partial charge in [0, 0.05) is 30.4 Å². The normalized spacial score (nSPS) is 22.4. The van der Waals surface area contributed by atoms with Crippen LogP contribution in [0.3, 0.4) is 0 Å². The lowest BCUT2D eigenvalue weighted by Crippen LogP contribution is -2.44. The van der Waals surface area contributed by atoms with Crippen LogP contribution in [-0.4, -0.2) is 38.5 Å². The molecular weight excluding hydrogens is 505 g/mol. The van der Waals surface area contributed by atoms with E-state index in [1.807, 2.05) is 6.07 Å². The monoisotopic (exact) mass is 538 g/mol. The molecule has 0 bridgehead atoms. The molecule has 1 aliphatic carbocycles. The summed E-state index contributed by atoms with van der Waals surface area (Å²) in [7, 11) is 2.22. The van der Waals surface area contributed by atoms with Gasteiger partial charge in [0.15, 0.2) is 11.5 Å². The van der Waals surface area contributed by atoms with E-state index < -0.39 is 11.7 Å². The molecule has 39 heavy (non-hydrogen) atoms. The van der Waals surface area contributed by atoms with Crippen LogP contribution in [0.15, 0.2) is 41.5 Å². The first-order chi connectivity index (χ1) is 18.4. The molecule has 3 aliphatic heterocycles. The number of benzene rings is 2. The first-order valence-corrected chi connectivity index (χ1v) is 13.4. The number of halogens is 2. The Kier molecular flexibility index (Phi) is 5.94. The summed E-state index contributed by atoms with van der Waals surface area (Å²) in [6, 6.07) is 11.0. The molecule has 4 aliphatic rings. The zero-order valence-corrected chi connectivity index (χ0v) is 22.5. The Morgan fingerprint density at radius 1 is 1.21 bits per heavy atom. The lowest BCUT2D eigenvalue weighted by atomic mass is 9.81. The number of carbonyl (C=O) groups excluding carboxylic acids is 1. The molecule has 2 aromatic carbocycles. The molecule has 9 nitrogen and oxygen atoms in total. The minimum absolute atomic E-state index is 0.0216. The molecule has 1 saturated carbocycles. The minimum atomic E-state index is -3.68. The fraction of sp³-hybridized carbons (Fsp3) is 0.481. The maximum Gasteiger partial charge on any atom is 0.586 e. The molecule has 206 valence electrons. The largest absolute Gasteiger partial charge is 0.586 e. The number of nitrogens with one attached hydrogen (secondary N) is 4. The molecule has 0 radical (unpaired) electrons. The lowest BCUT2D eigenvalue weighted by Gasteiger charge is -2.38. The van der Waals surface area contributed by atoms with E-state index in [0.29, 0.717) is 30.3 Å². The first kappa shape index (κ1) is 25.7. The summed E-state index contributed by atoms with van der Waals surface area (Å²) in [4.78, 5) is 15.9. The van der Waals surface area contributed by atoms with E-state index in [9.17, 15) is 13.6 Å². The molecule has 3 heterocycles. The van der Waals surface area contributed by atoms with Crippen LogP contribution in [0, 0.1) is 5.41 Å². The SMILES string of the molecule is BC(CC1=NNNN1)CN1c2ccc(NC(=O)C3(c4ccc5c(c4)OC(F)(F)O5)CC3)cc2CC1C(C)(C)C. The quantitative estimate of drug-likeness (QED) is 0.402. The molecular formula is C27H33BF2N6O3. The molecule has 4 N–H and O–H groups in total. The Labute approximate surface area is 227 Å². The Balaban J connectivity index is 1.19. The van der Waals surface area contributed by atoms with Crippen molar-refractivity contribution in [2.24, 2.45) is 10.5 Å². The number of anilines is 2. The third kappa shape index (κ3) is 4.86. The third-order valence-electron chi connectivity index (χ3n) is 8.08. The predicted octanol–water partition coefficient (Wildman–Crippen LogP) is 3.19. The van der Waals surface area contributed by atoms with Crippen LogP contribution in [0.4, 0.5) is 20.2 Å². The average molecular weight is 538 g/mol. The van der Waals surface area contributed by atoms with E-state index in [1.165, 1.54) is 23.4 Å². The van der Waals surface area contributed by atoms with E-state index in [2.05, 4.69) is 82.0 Å². The molecule has 1 fully saturated rings. The topological polar surface area (TPSA) is 99.3 Å². The molecule has 0 aromatic heterocycles. The molecule has 2 atom stereocenters. The smallest absolute Gasteiger partial charge is 0.395 e. The number of carbonyl (C=O) groups is 1. The highest BCUT2D eigenvalue weighted by molar-refractivity contribution is 6.14. The van der Waals surface area contributed by atoms with Crippen LogP contribution in [-0.2, 0) is 16.6 Å². The number of ether oxygens (including phenoxy) is 2. The second kappa shape index (κ2) is 9.01. The molecule has 6 rings (SSSR count). The van der Waals surface area contributed by atoms with Crippen molar-refractivity contribution < 1.29 is 23.0 Å². The van der Waals surface area contributed by atoms with Gasteiger partial charge in [0.05, 0.1) is 5.41 Å². The fourth-order valence-electron chi connectivity index (χ4n) is 5.91. The van der Waals surface area contributed by atoms with Crippen LogP contribution in [0.2, 0.25) is 5.82 Å². The van der Waals surface area contributed by atoms with E-state index in [4.69, 9.17) is 0 Å². The summed E-state index contributed by atoms with van der Waals surface area (Å²) in [5.41, 5.74) is 11.6. The van der Waals surface area contributed by atoms with Crippen LogP contribution >= 0.6 is 0 Å². The van der Waals surface area contributed by atoms with Gasteiger partial charge in [-0.1, -0.05) is 26.8 Å². The zero-order chi connectivity index (χ0) is 27.6. The zero-order valence-electron chi connectivity index (χ0n) is 22.5. The molecule has 1 amide bonds. The lowest BCUT2D eigenvalue weighted by molar-refractivity contribution is -0.286. The van der Waals surface area contributed by atoms with Gasteiger partial charge in [-0.15, -0.1) is 19.4 Å². The van der Waals surface area contributed by atoms with Gasteiger partial charge >= 0.3 is 6.29 Å². The van der Waals surface area contributed by atoms with Gasteiger partial charge in [0.1, 0.15) is 13.7 Å². The molecule has 0 saturated heterocycles. The molecule has 2 unspecified atom stereocenters. The number of alkyl halides is 2. The Morgan fingerprint density at radius 3 is 2.67 bits per heavy atom. The Hall–Kier alpha value is -3.54. The summed E-state index contributed by atoms with van der Waals surface area (Å²) in [6.45, 7) is 7.67. The highest BCUT2D eigenvalue weighted by atomic mass is 19.3. The summed E-state index contributed by atoms with van der Waals surface area (Å²) >= 11 is 0. The van der Waals surface area contributed by atoms with Crippen molar-refractivity contribution in [1.82, 2.24) is 16.5 Å². The number of hydrogen-bond acceptors (Lipinski definition) is 8. The Morgan fingerprint density at radius 2 is 1.97 bits per heavy atom. The number of nitrogens with zero attached hydrogens (tertiary/aromatic N) is 2. The Bertz CT molecular complexity index is 1340. The molecule has 0 spiro atoms. The second-order valence-electron chi connectivity index (χ2n) is 12.2. The van der Waals surface area contributed by atoms with Crippen molar-refractivity contribution >= 4 is 31.0 Å². The predicted molar refractivity (Wildman–Crippen MR) is 147 cm³/mol. The number of fused-ring (bicyclic) bond motifs is 2. The van der Waals surface area contributed by atoms with Crippen molar-refractivity contribution in [2.75, 3.05) is 16.8 Å². The van der Waals surface area contributed by atoms with Crippen molar-refractivity contribution in [1.29, 1.82) is 0 Å². The maximum absolute atomic E-state index is 13.5. The van der Waals surface area contributed by atoms with Gasteiger partial charge in [0.25, 0.3) is 0 Å². The number of amides is 1. The van der Waals surface area contributed by atoms with Gasteiger partial charge in [-0.3, -0.25) is 10.2 Å². The van der Waals surface area contributed by atoms with Crippen LogP contribution in [0.5, 0.6) is 11.5 Å². The van der Waals surface area contributed by atoms with Crippen LogP contribution in [0.25, 0.3) is 0 Å². The number of amidine groups is 1. The standard InChI is InChI=1S/C27H33BF2N6O3/c1-25(2,3)22-11-15-10-18(5-6-19(15)36(22)14-17(28)13-23-32-34-35-33-23)31-24(37)26(8-9-26)16-4-7-20-21(12-16)39-27(29,30)38-20/h4-7,10,12,17,22,34-35H,8-9,11,13-14,28H2,1-3H3,(H,31,37)(H,32,33). The van der Waals surface area contributed by atoms with Crippen molar-refractivity contribution in [3.05, 3.63) is 47.5 Å². The van der Waals surface area contributed by atoms with E-state index >= 15 is 0 Å². The van der Waals surface area contributed by atoms with Gasteiger partial charge in [0.2, 0.25) is 5.91 Å². The van der Waals surface area contributed by atoms with Crippen molar-refractivity contribution in [3.8, 4) is 11.5 Å². The fourth-order valence-corrected chi connectivity index (χ4v) is 5.91. The van der Waals surface area contributed by atoms with Gasteiger partial charge in [-0.05, 0) is 72.0 Å². The molecule has 12 heteroatoms. The minimum Gasteiger partial charge on any atom is -0.395 e. The van der Waals surface area contributed by atoms with Gasteiger partial charge in [-0.25, -0.2) is 5.53 Å². The summed E-state index contributed by atoms with van der Waals surface area (Å²) in [5.74, 6) is 1.05. The molecule has 2 aromatic rings. The number of rotatable bonds is 7. The summed E-state index contributed by atoms with van der Waals surface area (Å²) < 4.78 is 36.1. The van der Waals surface area contributed by atoms with Crippen LogP contribution in [0.1, 0.15) is 51.2 Å². The first-order valence-electron chi connectivity index (χ1n) is 13.4. The van der Waals surface area contributed by atoms with Crippen LogP contribution < -0.4 is 36.2 Å². The maximum atomic E-state index is 13.5. The summed E-state index contributed by atoms with van der Waals surface area (Å²) in [6.07, 6.45) is -0.696. The average Bonchev–Trinajstić information content (AvgIpc) is 3.18.